The van der Waals surface area contributed by atoms with Crippen molar-refractivity contribution in [1.29, 1.82) is 0 Å². The summed E-state index contributed by atoms with van der Waals surface area (Å²) in [7, 11) is 2.17. The van der Waals surface area contributed by atoms with Gasteiger partial charge in [0.1, 0.15) is 0 Å². The standard InChI is InChI=1S/C11H19BrN2S/c1-4-13-6-9(2)14(3)7-10-5-11(12)15-8-10/h5,8-9,13H,4,6-7H2,1-3H3. The molecule has 0 aliphatic heterocycles. The number of hydrogen-bond acceptors (Lipinski definition) is 3. The Bertz CT molecular complexity index is 288. The predicted molar refractivity (Wildman–Crippen MR) is 71.5 cm³/mol. The van der Waals surface area contributed by atoms with Gasteiger partial charge < -0.3 is 5.32 Å². The van der Waals surface area contributed by atoms with Crippen LogP contribution in [0.5, 0.6) is 0 Å². The van der Waals surface area contributed by atoms with Crippen LogP contribution in [0.25, 0.3) is 0 Å². The fourth-order valence-electron chi connectivity index (χ4n) is 1.38. The molecule has 0 aromatic carbocycles. The Kier molecular flexibility index (Phi) is 5.82. The van der Waals surface area contributed by atoms with Gasteiger partial charge in [0.25, 0.3) is 0 Å². The molecule has 0 fully saturated rings. The normalized spacial score (nSPS) is 13.4. The molecule has 1 atom stereocenters. The molecule has 0 saturated carbocycles. The van der Waals surface area contributed by atoms with E-state index in [4.69, 9.17) is 0 Å². The largest absolute Gasteiger partial charge is 0.315 e. The van der Waals surface area contributed by atoms with E-state index in [1.54, 1.807) is 11.3 Å². The fourth-order valence-corrected chi connectivity index (χ4v) is 2.58. The molecule has 0 amide bonds. The third kappa shape index (κ3) is 4.64. The van der Waals surface area contributed by atoms with Crippen LogP contribution in [-0.4, -0.2) is 31.1 Å². The fraction of sp³-hybridized carbons (Fsp3) is 0.636. The molecule has 1 aromatic rings. The van der Waals surface area contributed by atoms with E-state index in [0.29, 0.717) is 6.04 Å². The second-order valence-electron chi connectivity index (χ2n) is 3.83. The summed E-state index contributed by atoms with van der Waals surface area (Å²) in [6, 6.07) is 2.77. The van der Waals surface area contributed by atoms with Crippen molar-refractivity contribution < 1.29 is 0 Å². The SMILES string of the molecule is CCNCC(C)N(C)Cc1csc(Br)c1. The zero-order valence-corrected chi connectivity index (χ0v) is 12.0. The molecular weight excluding hydrogens is 272 g/mol. The Morgan fingerprint density at radius 2 is 2.33 bits per heavy atom. The van der Waals surface area contributed by atoms with Gasteiger partial charge in [-0.2, -0.15) is 0 Å². The van der Waals surface area contributed by atoms with Gasteiger partial charge in [0, 0.05) is 19.1 Å². The summed E-state index contributed by atoms with van der Waals surface area (Å²) in [5.41, 5.74) is 1.39. The summed E-state index contributed by atoms with van der Waals surface area (Å²) >= 11 is 5.24. The lowest BCUT2D eigenvalue weighted by Gasteiger charge is -2.24. The van der Waals surface area contributed by atoms with Crippen LogP contribution in [0.2, 0.25) is 0 Å². The minimum Gasteiger partial charge on any atom is -0.315 e. The summed E-state index contributed by atoms with van der Waals surface area (Å²) in [5.74, 6) is 0. The molecule has 1 rings (SSSR count). The Morgan fingerprint density at radius 3 is 2.87 bits per heavy atom. The molecule has 1 unspecified atom stereocenters. The van der Waals surface area contributed by atoms with Gasteiger partial charge in [0.15, 0.2) is 0 Å². The number of nitrogens with one attached hydrogen (secondary N) is 1. The topological polar surface area (TPSA) is 15.3 Å². The third-order valence-electron chi connectivity index (χ3n) is 2.50. The van der Waals surface area contributed by atoms with Gasteiger partial charge in [-0.1, -0.05) is 6.92 Å². The highest BCUT2D eigenvalue weighted by Gasteiger charge is 2.09. The van der Waals surface area contributed by atoms with Crippen molar-refractivity contribution in [2.24, 2.45) is 0 Å². The lowest BCUT2D eigenvalue weighted by Crippen LogP contribution is -2.37. The van der Waals surface area contributed by atoms with E-state index in [2.05, 4.69) is 58.5 Å². The van der Waals surface area contributed by atoms with E-state index in [0.717, 1.165) is 19.6 Å². The quantitative estimate of drug-likeness (QED) is 0.867. The number of nitrogens with zero attached hydrogens (tertiary/aromatic N) is 1. The highest BCUT2D eigenvalue weighted by Crippen LogP contribution is 2.21. The maximum atomic E-state index is 3.49. The first-order chi connectivity index (χ1) is 7.13. The van der Waals surface area contributed by atoms with Crippen LogP contribution in [0.1, 0.15) is 19.4 Å². The highest BCUT2D eigenvalue weighted by molar-refractivity contribution is 9.11. The number of likely N-dealkylation sites (N-methyl/N-ethyl adjacent to an activating group) is 2. The zero-order chi connectivity index (χ0) is 11.3. The second-order valence-corrected chi connectivity index (χ2v) is 6.12. The lowest BCUT2D eigenvalue weighted by atomic mass is 10.2. The van der Waals surface area contributed by atoms with Crippen molar-refractivity contribution in [3.05, 3.63) is 20.8 Å². The van der Waals surface area contributed by atoms with E-state index in [1.807, 2.05) is 0 Å². The first-order valence-electron chi connectivity index (χ1n) is 5.27. The number of rotatable bonds is 6. The van der Waals surface area contributed by atoms with Gasteiger partial charge in [-0.3, -0.25) is 4.90 Å². The summed E-state index contributed by atoms with van der Waals surface area (Å²) in [5, 5.41) is 5.58. The van der Waals surface area contributed by atoms with Gasteiger partial charge >= 0.3 is 0 Å². The van der Waals surface area contributed by atoms with Crippen LogP contribution in [0, 0.1) is 0 Å². The van der Waals surface area contributed by atoms with Crippen molar-refractivity contribution in [2.45, 2.75) is 26.4 Å². The molecule has 15 heavy (non-hydrogen) atoms. The van der Waals surface area contributed by atoms with Crippen LogP contribution < -0.4 is 5.32 Å². The Hall–Kier alpha value is 0.100. The molecule has 1 heterocycles. The summed E-state index contributed by atoms with van der Waals surface area (Å²) in [6.07, 6.45) is 0. The molecule has 0 spiro atoms. The molecular formula is C11H19BrN2S. The maximum absolute atomic E-state index is 3.49. The zero-order valence-electron chi connectivity index (χ0n) is 9.59. The number of thiophene rings is 1. The molecule has 1 N–H and O–H groups in total. The maximum Gasteiger partial charge on any atom is 0.0701 e. The minimum atomic E-state index is 0.573. The molecule has 2 nitrogen and oxygen atoms in total. The molecule has 0 radical (unpaired) electrons. The summed E-state index contributed by atoms with van der Waals surface area (Å²) < 4.78 is 1.21. The molecule has 0 aliphatic rings. The van der Waals surface area contributed by atoms with Gasteiger partial charge in [0.05, 0.1) is 3.79 Å². The van der Waals surface area contributed by atoms with Crippen LogP contribution >= 0.6 is 27.3 Å². The Labute approximate surface area is 105 Å². The van der Waals surface area contributed by atoms with Crippen LogP contribution in [0.3, 0.4) is 0 Å². The summed E-state index contributed by atoms with van der Waals surface area (Å²) in [4.78, 5) is 2.37. The van der Waals surface area contributed by atoms with Crippen molar-refractivity contribution >= 4 is 27.3 Å². The van der Waals surface area contributed by atoms with Gasteiger partial charge in [-0.15, -0.1) is 11.3 Å². The Balaban J connectivity index is 2.37. The van der Waals surface area contributed by atoms with E-state index < -0.39 is 0 Å². The monoisotopic (exact) mass is 290 g/mol. The van der Waals surface area contributed by atoms with E-state index in [-0.39, 0.29) is 0 Å². The van der Waals surface area contributed by atoms with E-state index in [9.17, 15) is 0 Å². The van der Waals surface area contributed by atoms with E-state index >= 15 is 0 Å². The average Bonchev–Trinajstić information content (AvgIpc) is 2.60. The Morgan fingerprint density at radius 1 is 1.60 bits per heavy atom. The average molecular weight is 291 g/mol. The molecule has 0 bridgehead atoms. The smallest absolute Gasteiger partial charge is 0.0701 e. The van der Waals surface area contributed by atoms with Crippen molar-refractivity contribution in [3.63, 3.8) is 0 Å². The van der Waals surface area contributed by atoms with Crippen LogP contribution in [0.15, 0.2) is 15.2 Å². The molecule has 1 aromatic heterocycles. The lowest BCUT2D eigenvalue weighted by molar-refractivity contribution is 0.244. The third-order valence-corrected chi connectivity index (χ3v) is 4.05. The first kappa shape index (κ1) is 13.2. The number of halogens is 1. The molecule has 4 heteroatoms. The second kappa shape index (κ2) is 6.63. The van der Waals surface area contributed by atoms with Crippen LogP contribution in [-0.2, 0) is 6.54 Å². The van der Waals surface area contributed by atoms with Gasteiger partial charge in [0.2, 0.25) is 0 Å². The highest BCUT2D eigenvalue weighted by atomic mass is 79.9. The number of hydrogen-bond donors (Lipinski definition) is 1. The van der Waals surface area contributed by atoms with Gasteiger partial charge in [-0.05, 0) is 53.5 Å². The minimum absolute atomic E-state index is 0.573. The van der Waals surface area contributed by atoms with Crippen molar-refractivity contribution in [2.75, 3.05) is 20.1 Å². The first-order valence-corrected chi connectivity index (χ1v) is 6.94. The molecule has 0 saturated heterocycles. The van der Waals surface area contributed by atoms with E-state index in [1.165, 1.54) is 9.35 Å². The predicted octanol–water partition coefficient (Wildman–Crippen LogP) is 2.94. The summed E-state index contributed by atoms with van der Waals surface area (Å²) in [6.45, 7) is 7.52. The molecule has 86 valence electrons. The van der Waals surface area contributed by atoms with Gasteiger partial charge in [-0.25, -0.2) is 0 Å². The van der Waals surface area contributed by atoms with Crippen molar-refractivity contribution in [3.8, 4) is 0 Å². The molecule has 0 aliphatic carbocycles. The van der Waals surface area contributed by atoms with Crippen molar-refractivity contribution in [1.82, 2.24) is 10.2 Å². The van der Waals surface area contributed by atoms with Crippen LogP contribution in [0.4, 0.5) is 0 Å².